The average Bonchev–Trinajstić information content (AvgIpc) is 2.34. The standard InChI is InChI=1S/C12H15BrF3NO2/c1-2-19-7-9(18)6-17-8-3-4-11(13)10(5-8)12(14,15)16/h3-5,9,17-18H,2,6-7H2,1H3. The van der Waals surface area contributed by atoms with Crippen LogP contribution in [0.4, 0.5) is 18.9 Å². The molecule has 1 rings (SSSR count). The van der Waals surface area contributed by atoms with E-state index in [0.717, 1.165) is 6.07 Å². The van der Waals surface area contributed by atoms with Gasteiger partial charge in [0, 0.05) is 23.3 Å². The summed E-state index contributed by atoms with van der Waals surface area (Å²) >= 11 is 2.86. The lowest BCUT2D eigenvalue weighted by Gasteiger charge is -2.15. The Labute approximate surface area is 117 Å². The number of aliphatic hydroxyl groups excluding tert-OH is 1. The number of halogens is 4. The van der Waals surface area contributed by atoms with Crippen molar-refractivity contribution in [3.63, 3.8) is 0 Å². The lowest BCUT2D eigenvalue weighted by atomic mass is 10.2. The van der Waals surface area contributed by atoms with E-state index >= 15 is 0 Å². The van der Waals surface area contributed by atoms with Crippen LogP contribution in [0.25, 0.3) is 0 Å². The van der Waals surface area contributed by atoms with Crippen LogP contribution in [-0.2, 0) is 10.9 Å². The highest BCUT2D eigenvalue weighted by Crippen LogP contribution is 2.36. The molecule has 0 fully saturated rings. The molecule has 19 heavy (non-hydrogen) atoms. The molecule has 0 amide bonds. The fourth-order valence-electron chi connectivity index (χ4n) is 1.40. The molecule has 0 saturated carbocycles. The number of rotatable bonds is 6. The van der Waals surface area contributed by atoms with Crippen LogP contribution < -0.4 is 5.32 Å². The smallest absolute Gasteiger partial charge is 0.389 e. The van der Waals surface area contributed by atoms with Gasteiger partial charge in [-0.2, -0.15) is 13.2 Å². The summed E-state index contributed by atoms with van der Waals surface area (Å²) in [5.41, 5.74) is -0.456. The van der Waals surface area contributed by atoms with Gasteiger partial charge in [0.05, 0.1) is 18.3 Å². The Morgan fingerprint density at radius 2 is 2.11 bits per heavy atom. The van der Waals surface area contributed by atoms with Crippen molar-refractivity contribution in [1.29, 1.82) is 0 Å². The van der Waals surface area contributed by atoms with Gasteiger partial charge in [-0.1, -0.05) is 15.9 Å². The first-order valence-electron chi connectivity index (χ1n) is 5.71. The number of ether oxygens (including phenoxy) is 1. The summed E-state index contributed by atoms with van der Waals surface area (Å²) in [6, 6.07) is 3.82. The van der Waals surface area contributed by atoms with E-state index in [-0.39, 0.29) is 17.6 Å². The highest BCUT2D eigenvalue weighted by Gasteiger charge is 2.33. The highest BCUT2D eigenvalue weighted by atomic mass is 79.9. The number of nitrogens with one attached hydrogen (secondary N) is 1. The second-order valence-electron chi connectivity index (χ2n) is 3.89. The van der Waals surface area contributed by atoms with E-state index in [9.17, 15) is 18.3 Å². The minimum Gasteiger partial charge on any atom is -0.389 e. The zero-order chi connectivity index (χ0) is 14.5. The molecule has 1 atom stereocenters. The minimum absolute atomic E-state index is 0.0135. The zero-order valence-electron chi connectivity index (χ0n) is 10.3. The second kappa shape index (κ2) is 7.12. The Morgan fingerprint density at radius 3 is 2.68 bits per heavy atom. The number of alkyl halides is 3. The molecule has 0 saturated heterocycles. The summed E-state index contributed by atoms with van der Waals surface area (Å²) < 4.78 is 43.0. The molecule has 0 aliphatic heterocycles. The summed E-state index contributed by atoms with van der Waals surface area (Å²) in [5, 5.41) is 12.2. The minimum atomic E-state index is -4.42. The van der Waals surface area contributed by atoms with Crippen LogP contribution in [-0.4, -0.2) is 31.0 Å². The third kappa shape index (κ3) is 5.38. The van der Waals surface area contributed by atoms with Crippen LogP contribution in [0.5, 0.6) is 0 Å². The van der Waals surface area contributed by atoms with Crippen molar-refractivity contribution in [3.05, 3.63) is 28.2 Å². The van der Waals surface area contributed by atoms with Gasteiger partial charge in [-0.15, -0.1) is 0 Å². The van der Waals surface area contributed by atoms with E-state index < -0.39 is 17.8 Å². The maximum atomic E-state index is 12.7. The Kier molecular flexibility index (Phi) is 6.09. The van der Waals surface area contributed by atoms with Crippen LogP contribution in [0.1, 0.15) is 12.5 Å². The molecular weight excluding hydrogens is 327 g/mol. The molecule has 3 nitrogen and oxygen atoms in total. The van der Waals surface area contributed by atoms with E-state index in [4.69, 9.17) is 4.74 Å². The fraction of sp³-hybridized carbons (Fsp3) is 0.500. The molecule has 1 unspecified atom stereocenters. The van der Waals surface area contributed by atoms with Gasteiger partial charge in [0.2, 0.25) is 0 Å². The predicted octanol–water partition coefficient (Wildman–Crippen LogP) is 3.28. The quantitative estimate of drug-likeness (QED) is 0.834. The van der Waals surface area contributed by atoms with Crippen molar-refractivity contribution >= 4 is 21.6 Å². The van der Waals surface area contributed by atoms with Gasteiger partial charge in [-0.25, -0.2) is 0 Å². The van der Waals surface area contributed by atoms with Crippen LogP contribution in [0, 0.1) is 0 Å². The van der Waals surface area contributed by atoms with E-state index in [0.29, 0.717) is 12.3 Å². The average molecular weight is 342 g/mol. The molecule has 0 radical (unpaired) electrons. The molecule has 1 aromatic carbocycles. The van der Waals surface area contributed by atoms with E-state index in [1.54, 1.807) is 6.92 Å². The van der Waals surface area contributed by atoms with Crippen molar-refractivity contribution in [1.82, 2.24) is 0 Å². The van der Waals surface area contributed by atoms with E-state index in [1.807, 2.05) is 0 Å². The fourth-order valence-corrected chi connectivity index (χ4v) is 1.87. The SMILES string of the molecule is CCOCC(O)CNc1ccc(Br)c(C(F)(F)F)c1. The molecule has 7 heteroatoms. The first kappa shape index (κ1) is 16.3. The van der Waals surface area contributed by atoms with Gasteiger partial charge in [0.25, 0.3) is 0 Å². The molecule has 0 aliphatic rings. The maximum Gasteiger partial charge on any atom is 0.417 e. The van der Waals surface area contributed by atoms with Crippen LogP contribution in [0.15, 0.2) is 22.7 Å². The van der Waals surface area contributed by atoms with Crippen molar-refractivity contribution in [2.45, 2.75) is 19.2 Å². The molecule has 0 spiro atoms. The number of hydrogen-bond donors (Lipinski definition) is 2. The first-order valence-corrected chi connectivity index (χ1v) is 6.50. The van der Waals surface area contributed by atoms with Crippen LogP contribution in [0.2, 0.25) is 0 Å². The lowest BCUT2D eigenvalue weighted by Crippen LogP contribution is -2.25. The van der Waals surface area contributed by atoms with Crippen molar-refractivity contribution < 1.29 is 23.0 Å². The predicted molar refractivity (Wildman–Crippen MR) is 70.1 cm³/mol. The van der Waals surface area contributed by atoms with Gasteiger partial charge in [0.1, 0.15) is 0 Å². The Morgan fingerprint density at radius 1 is 1.42 bits per heavy atom. The largest absolute Gasteiger partial charge is 0.417 e. The summed E-state index contributed by atoms with van der Waals surface area (Å²) in [6.45, 7) is 2.54. The normalized spacial score (nSPS) is 13.4. The van der Waals surface area contributed by atoms with E-state index in [2.05, 4.69) is 21.2 Å². The Bertz CT molecular complexity index is 412. The number of benzene rings is 1. The third-order valence-corrected chi connectivity index (χ3v) is 3.02. The van der Waals surface area contributed by atoms with Crippen molar-refractivity contribution in [2.24, 2.45) is 0 Å². The molecule has 0 bridgehead atoms. The number of hydrogen-bond acceptors (Lipinski definition) is 3. The van der Waals surface area contributed by atoms with Gasteiger partial charge >= 0.3 is 6.18 Å². The van der Waals surface area contributed by atoms with Gasteiger partial charge in [-0.05, 0) is 25.1 Å². The third-order valence-electron chi connectivity index (χ3n) is 2.33. The first-order chi connectivity index (χ1) is 8.84. The van der Waals surface area contributed by atoms with Crippen LogP contribution in [0.3, 0.4) is 0 Å². The summed E-state index contributed by atoms with van der Waals surface area (Å²) in [5.74, 6) is 0. The zero-order valence-corrected chi connectivity index (χ0v) is 11.9. The monoisotopic (exact) mass is 341 g/mol. The molecular formula is C12H15BrF3NO2. The Hall–Kier alpha value is -0.790. The molecule has 2 N–H and O–H groups in total. The molecule has 0 aliphatic carbocycles. The van der Waals surface area contributed by atoms with E-state index in [1.165, 1.54) is 12.1 Å². The number of aliphatic hydroxyl groups is 1. The highest BCUT2D eigenvalue weighted by molar-refractivity contribution is 9.10. The van der Waals surface area contributed by atoms with Gasteiger partial charge in [0.15, 0.2) is 0 Å². The second-order valence-corrected chi connectivity index (χ2v) is 4.74. The summed E-state index contributed by atoms with van der Waals surface area (Å²) in [7, 11) is 0. The summed E-state index contributed by atoms with van der Waals surface area (Å²) in [4.78, 5) is 0. The van der Waals surface area contributed by atoms with Crippen LogP contribution >= 0.6 is 15.9 Å². The van der Waals surface area contributed by atoms with Crippen molar-refractivity contribution in [2.75, 3.05) is 25.1 Å². The topological polar surface area (TPSA) is 41.5 Å². The molecule has 0 aromatic heterocycles. The maximum absolute atomic E-state index is 12.7. The van der Waals surface area contributed by atoms with Gasteiger partial charge in [-0.3, -0.25) is 0 Å². The Balaban J connectivity index is 2.65. The number of anilines is 1. The molecule has 0 heterocycles. The van der Waals surface area contributed by atoms with Gasteiger partial charge < -0.3 is 15.2 Å². The lowest BCUT2D eigenvalue weighted by molar-refractivity contribution is -0.138. The molecule has 108 valence electrons. The van der Waals surface area contributed by atoms with Crippen molar-refractivity contribution in [3.8, 4) is 0 Å². The summed E-state index contributed by atoms with van der Waals surface area (Å²) in [6.07, 6.45) is -5.18. The molecule has 1 aromatic rings.